The Kier molecular flexibility index (Phi) is 4.37. The number of aryl methyl sites for hydroxylation is 1. The number of phenolic OH excluding ortho intramolecular Hbond substituents is 1. The van der Waals surface area contributed by atoms with Crippen molar-refractivity contribution < 1.29 is 10.0 Å². The summed E-state index contributed by atoms with van der Waals surface area (Å²) in [5.41, 5.74) is 1.76. The highest BCUT2D eigenvalue weighted by Gasteiger charge is 2.11. The summed E-state index contributed by atoms with van der Waals surface area (Å²) in [5, 5.41) is 20.7. The number of aliphatic imine (C=N–C) groups is 1. The maximum Gasteiger partial charge on any atom is 0.270 e. The van der Waals surface area contributed by atoms with Crippen molar-refractivity contribution in [3.63, 3.8) is 0 Å². The Morgan fingerprint density at radius 3 is 2.71 bits per heavy atom. The van der Waals surface area contributed by atoms with Crippen molar-refractivity contribution in [2.45, 2.75) is 0 Å². The lowest BCUT2D eigenvalue weighted by Gasteiger charge is -2.00. The molecule has 24 heavy (non-hydrogen) atoms. The summed E-state index contributed by atoms with van der Waals surface area (Å²) >= 11 is 6.87. The number of halogens is 2. The maximum atomic E-state index is 10.8. The lowest BCUT2D eigenvalue weighted by Crippen LogP contribution is -1.91. The van der Waals surface area contributed by atoms with Gasteiger partial charge in [0, 0.05) is 39.9 Å². The van der Waals surface area contributed by atoms with E-state index in [1.165, 1.54) is 24.4 Å². The zero-order chi connectivity index (χ0) is 17.4. The van der Waals surface area contributed by atoms with Gasteiger partial charge in [0.15, 0.2) is 0 Å². The Morgan fingerprint density at radius 2 is 2.00 bits per heavy atom. The molecule has 1 aromatic heterocycles. The van der Waals surface area contributed by atoms with Crippen LogP contribution >= 0.6 is 31.9 Å². The number of benzene rings is 2. The molecule has 9 heteroatoms. The summed E-state index contributed by atoms with van der Waals surface area (Å²) in [6.45, 7) is 0. The molecule has 122 valence electrons. The second kappa shape index (κ2) is 6.33. The molecule has 0 spiro atoms. The SMILES string of the molecule is Cn1c(/N=C/c2cc([N+](=O)[O-])ccc2O)nc2cc(Br)c(Br)cc21. The molecule has 3 aromatic rings. The van der Waals surface area contributed by atoms with Gasteiger partial charge in [-0.3, -0.25) is 10.1 Å². The lowest BCUT2D eigenvalue weighted by molar-refractivity contribution is -0.384. The number of imidazole rings is 1. The molecule has 0 saturated carbocycles. The number of hydrogen-bond acceptors (Lipinski definition) is 5. The number of rotatable bonds is 3. The molecule has 1 N–H and O–H groups in total. The van der Waals surface area contributed by atoms with Crippen molar-refractivity contribution >= 4 is 60.7 Å². The first-order valence-electron chi connectivity index (χ1n) is 6.70. The Balaban J connectivity index is 2.04. The molecule has 0 aliphatic rings. The predicted molar refractivity (Wildman–Crippen MR) is 98.1 cm³/mol. The first kappa shape index (κ1) is 16.6. The third kappa shape index (κ3) is 3.04. The molecule has 0 unspecified atom stereocenters. The van der Waals surface area contributed by atoms with Gasteiger partial charge in [-0.15, -0.1) is 0 Å². The van der Waals surface area contributed by atoms with Crippen molar-refractivity contribution in [1.29, 1.82) is 0 Å². The van der Waals surface area contributed by atoms with Gasteiger partial charge in [0.05, 0.1) is 16.0 Å². The normalized spacial score (nSPS) is 11.5. The minimum Gasteiger partial charge on any atom is -0.507 e. The molecule has 2 aromatic carbocycles. The number of nitro groups is 1. The van der Waals surface area contributed by atoms with Crippen LogP contribution in [0, 0.1) is 10.1 Å². The summed E-state index contributed by atoms with van der Waals surface area (Å²) in [6, 6.07) is 7.54. The van der Waals surface area contributed by atoms with E-state index in [0.717, 1.165) is 20.0 Å². The van der Waals surface area contributed by atoms with Gasteiger partial charge in [-0.25, -0.2) is 9.98 Å². The number of aromatic hydroxyl groups is 1. The van der Waals surface area contributed by atoms with Gasteiger partial charge < -0.3 is 9.67 Å². The third-order valence-electron chi connectivity index (χ3n) is 3.44. The van der Waals surface area contributed by atoms with Crippen LogP contribution in [-0.2, 0) is 7.05 Å². The van der Waals surface area contributed by atoms with Crippen molar-refractivity contribution in [3.8, 4) is 5.75 Å². The Bertz CT molecular complexity index is 998. The van der Waals surface area contributed by atoms with E-state index in [-0.39, 0.29) is 17.0 Å². The third-order valence-corrected chi connectivity index (χ3v) is 5.28. The van der Waals surface area contributed by atoms with Crippen LogP contribution in [-0.4, -0.2) is 25.8 Å². The molecular formula is C15H10Br2N4O3. The van der Waals surface area contributed by atoms with Gasteiger partial charge >= 0.3 is 0 Å². The van der Waals surface area contributed by atoms with Crippen molar-refractivity contribution in [2.24, 2.45) is 12.0 Å². The fraction of sp³-hybridized carbons (Fsp3) is 0.0667. The Morgan fingerprint density at radius 1 is 1.29 bits per heavy atom. The van der Waals surface area contributed by atoms with E-state index in [4.69, 9.17) is 0 Å². The average Bonchev–Trinajstić information content (AvgIpc) is 2.83. The highest BCUT2D eigenvalue weighted by Crippen LogP contribution is 2.30. The lowest BCUT2D eigenvalue weighted by atomic mass is 10.2. The predicted octanol–water partition coefficient (Wildman–Crippen LogP) is 4.46. The summed E-state index contributed by atoms with van der Waals surface area (Å²) in [7, 11) is 1.82. The smallest absolute Gasteiger partial charge is 0.270 e. The largest absolute Gasteiger partial charge is 0.507 e. The molecule has 7 nitrogen and oxygen atoms in total. The van der Waals surface area contributed by atoms with Crippen molar-refractivity contribution in [3.05, 3.63) is 55.0 Å². The number of nitro benzene ring substituents is 1. The van der Waals surface area contributed by atoms with E-state index in [2.05, 4.69) is 41.8 Å². The number of fused-ring (bicyclic) bond motifs is 1. The highest BCUT2D eigenvalue weighted by molar-refractivity contribution is 9.13. The number of hydrogen-bond donors (Lipinski definition) is 1. The van der Waals surface area contributed by atoms with Crippen molar-refractivity contribution in [2.75, 3.05) is 0 Å². The first-order valence-corrected chi connectivity index (χ1v) is 8.28. The Hall–Kier alpha value is -2.26. The summed E-state index contributed by atoms with van der Waals surface area (Å²) < 4.78 is 3.56. The van der Waals surface area contributed by atoms with Gasteiger partial charge in [0.1, 0.15) is 5.75 Å². The fourth-order valence-corrected chi connectivity index (χ4v) is 2.84. The van der Waals surface area contributed by atoms with Crippen molar-refractivity contribution in [1.82, 2.24) is 9.55 Å². The topological polar surface area (TPSA) is 93.5 Å². The average molecular weight is 454 g/mol. The fourth-order valence-electron chi connectivity index (χ4n) is 2.18. The van der Waals surface area contributed by atoms with E-state index in [1.807, 2.05) is 19.2 Å². The molecule has 0 radical (unpaired) electrons. The highest BCUT2D eigenvalue weighted by atomic mass is 79.9. The molecule has 0 aliphatic carbocycles. The second-order valence-corrected chi connectivity index (χ2v) is 6.69. The van der Waals surface area contributed by atoms with Crippen LogP contribution in [0.2, 0.25) is 0 Å². The molecule has 0 atom stereocenters. The molecular weight excluding hydrogens is 444 g/mol. The van der Waals surface area contributed by atoms with Gasteiger partial charge in [-0.2, -0.15) is 0 Å². The van der Waals surface area contributed by atoms with Crippen LogP contribution in [0.3, 0.4) is 0 Å². The van der Waals surface area contributed by atoms with E-state index in [9.17, 15) is 15.2 Å². The second-order valence-electron chi connectivity index (χ2n) is 4.98. The van der Waals surface area contributed by atoms with Gasteiger partial charge in [-0.05, 0) is 50.1 Å². The van der Waals surface area contributed by atoms with Crippen LogP contribution in [0.4, 0.5) is 11.6 Å². The number of non-ortho nitro benzene ring substituents is 1. The quantitative estimate of drug-likeness (QED) is 0.359. The molecule has 1 heterocycles. The van der Waals surface area contributed by atoms with Crippen LogP contribution in [0.25, 0.3) is 11.0 Å². The van der Waals surface area contributed by atoms with Crippen LogP contribution in [0.1, 0.15) is 5.56 Å². The molecule has 0 bridgehead atoms. The minimum atomic E-state index is -0.527. The first-order chi connectivity index (χ1) is 11.4. The van der Waals surface area contributed by atoms with E-state index in [1.54, 1.807) is 4.57 Å². The number of aromatic nitrogens is 2. The minimum absolute atomic E-state index is 0.0893. The standard InChI is InChI=1S/C15H10Br2N4O3/c1-20-13-6-11(17)10(16)5-12(13)19-15(20)18-7-8-4-9(21(23)24)2-3-14(8)22/h2-7,22H,1H3/b18-7+. The zero-order valence-corrected chi connectivity index (χ0v) is 15.4. The molecule has 0 amide bonds. The summed E-state index contributed by atoms with van der Waals surface area (Å²) in [6.07, 6.45) is 1.35. The van der Waals surface area contributed by atoms with Gasteiger partial charge in [0.25, 0.3) is 5.69 Å². The van der Waals surface area contributed by atoms with Gasteiger partial charge in [-0.1, -0.05) is 0 Å². The summed E-state index contributed by atoms with van der Waals surface area (Å²) in [4.78, 5) is 19.0. The van der Waals surface area contributed by atoms with E-state index >= 15 is 0 Å². The molecule has 0 aliphatic heterocycles. The van der Waals surface area contributed by atoms with Crippen LogP contribution < -0.4 is 0 Å². The van der Waals surface area contributed by atoms with Gasteiger partial charge in [0.2, 0.25) is 5.95 Å². The zero-order valence-electron chi connectivity index (χ0n) is 12.3. The van der Waals surface area contributed by atoms with Crippen LogP contribution in [0.15, 0.2) is 44.3 Å². The number of nitrogens with zero attached hydrogens (tertiary/aromatic N) is 4. The van der Waals surface area contributed by atoms with E-state index < -0.39 is 4.92 Å². The molecule has 0 fully saturated rings. The van der Waals surface area contributed by atoms with Crippen LogP contribution in [0.5, 0.6) is 5.75 Å². The number of phenols is 1. The maximum absolute atomic E-state index is 10.8. The molecule has 3 rings (SSSR count). The summed E-state index contributed by atoms with van der Waals surface area (Å²) in [5.74, 6) is 0.328. The Labute approximate surface area is 153 Å². The molecule has 0 saturated heterocycles. The monoisotopic (exact) mass is 452 g/mol. The van der Waals surface area contributed by atoms with E-state index in [0.29, 0.717) is 5.95 Å².